The lowest BCUT2D eigenvalue weighted by molar-refractivity contribution is -0.120. The van der Waals surface area contributed by atoms with Crippen molar-refractivity contribution in [1.29, 1.82) is 0 Å². The van der Waals surface area contributed by atoms with Crippen molar-refractivity contribution in [2.75, 3.05) is 13.6 Å². The van der Waals surface area contributed by atoms with Crippen LogP contribution in [-0.2, 0) is 16.8 Å². The maximum Gasteiger partial charge on any atom is 0.234 e. The molecule has 18 heavy (non-hydrogen) atoms. The van der Waals surface area contributed by atoms with E-state index >= 15 is 0 Å². The number of amides is 1. The Morgan fingerprint density at radius 2 is 1.72 bits per heavy atom. The molecule has 102 valence electrons. The Morgan fingerprint density at radius 1 is 1.17 bits per heavy atom. The van der Waals surface area contributed by atoms with E-state index in [0.717, 1.165) is 5.56 Å². The summed E-state index contributed by atoms with van der Waals surface area (Å²) < 4.78 is 0. The van der Waals surface area contributed by atoms with Gasteiger partial charge in [0.25, 0.3) is 0 Å². The molecule has 0 radical (unpaired) electrons. The van der Waals surface area contributed by atoms with Crippen LogP contribution in [0.15, 0.2) is 24.3 Å². The number of likely N-dealkylation sites (N-methyl/N-ethyl adjacent to an activating group) is 1. The number of halogens is 1. The maximum atomic E-state index is 11.3. The van der Waals surface area contributed by atoms with E-state index in [1.807, 2.05) is 0 Å². The number of carbonyl (C=O) groups is 1. The third-order valence-corrected chi connectivity index (χ3v) is 2.65. The Balaban J connectivity index is 0.00000289. The zero-order chi connectivity index (χ0) is 12.9. The van der Waals surface area contributed by atoms with Crippen molar-refractivity contribution in [3.63, 3.8) is 0 Å². The number of carbonyl (C=O) groups excluding carboxylic acids is 1. The molecular formula is C14H23ClN2O. The average Bonchev–Trinajstić information content (AvgIpc) is 2.26. The summed E-state index contributed by atoms with van der Waals surface area (Å²) in [5.41, 5.74) is 2.61. The van der Waals surface area contributed by atoms with E-state index in [2.05, 4.69) is 55.7 Å². The molecule has 1 aromatic carbocycles. The first-order valence-electron chi connectivity index (χ1n) is 5.94. The monoisotopic (exact) mass is 270 g/mol. The molecule has 0 heterocycles. The highest BCUT2D eigenvalue weighted by Crippen LogP contribution is 2.21. The van der Waals surface area contributed by atoms with Gasteiger partial charge < -0.3 is 10.6 Å². The van der Waals surface area contributed by atoms with Crippen LogP contribution >= 0.6 is 12.4 Å². The second-order valence-electron chi connectivity index (χ2n) is 5.25. The molecule has 0 aliphatic carbocycles. The fourth-order valence-electron chi connectivity index (χ4n) is 1.55. The Bertz CT molecular complexity index is 368. The summed E-state index contributed by atoms with van der Waals surface area (Å²) in [7, 11) is 1.76. The van der Waals surface area contributed by atoms with Crippen molar-refractivity contribution in [3.8, 4) is 0 Å². The lowest BCUT2D eigenvalue weighted by Gasteiger charge is -2.19. The van der Waals surface area contributed by atoms with Crippen LogP contribution in [0, 0.1) is 0 Å². The summed E-state index contributed by atoms with van der Waals surface area (Å²) in [4.78, 5) is 11.3. The van der Waals surface area contributed by atoms with Crippen molar-refractivity contribution in [1.82, 2.24) is 10.6 Å². The van der Waals surface area contributed by atoms with Crippen LogP contribution in [0.5, 0.6) is 0 Å². The Morgan fingerprint density at radius 3 is 2.17 bits per heavy atom. The second kappa shape index (κ2) is 7.39. The minimum absolute atomic E-state index is 0. The van der Waals surface area contributed by atoms with Crippen molar-refractivity contribution in [3.05, 3.63) is 35.4 Å². The molecule has 0 unspecified atom stereocenters. The largest absolute Gasteiger partial charge is 0.351 e. The van der Waals surface area contributed by atoms with Gasteiger partial charge in [-0.3, -0.25) is 4.79 Å². The van der Waals surface area contributed by atoms with Crippen LogP contribution in [0.1, 0.15) is 31.9 Å². The Labute approximate surface area is 116 Å². The number of rotatable bonds is 4. The van der Waals surface area contributed by atoms with Gasteiger partial charge in [0.15, 0.2) is 0 Å². The van der Waals surface area contributed by atoms with Crippen molar-refractivity contribution in [2.45, 2.75) is 32.7 Å². The van der Waals surface area contributed by atoms with Crippen LogP contribution in [0.4, 0.5) is 0 Å². The first-order chi connectivity index (χ1) is 7.93. The van der Waals surface area contributed by atoms with Crippen LogP contribution in [0.25, 0.3) is 0 Å². The molecule has 0 aliphatic rings. The van der Waals surface area contributed by atoms with Crippen LogP contribution in [0.3, 0.4) is 0 Å². The van der Waals surface area contributed by atoms with Gasteiger partial charge in [0.1, 0.15) is 0 Å². The van der Waals surface area contributed by atoms with Gasteiger partial charge in [-0.05, 0) is 23.6 Å². The minimum atomic E-state index is 0. The summed E-state index contributed by atoms with van der Waals surface area (Å²) in [6.45, 7) is 7.52. The molecule has 0 saturated carbocycles. The molecule has 1 amide bonds. The average molecular weight is 271 g/mol. The van der Waals surface area contributed by atoms with Gasteiger partial charge in [0.2, 0.25) is 5.91 Å². The summed E-state index contributed by atoms with van der Waals surface area (Å²) in [5.74, 6) is 0.0207. The van der Waals surface area contributed by atoms with Crippen LogP contribution in [0.2, 0.25) is 0 Å². The molecule has 3 nitrogen and oxygen atoms in total. The quantitative estimate of drug-likeness (QED) is 0.881. The minimum Gasteiger partial charge on any atom is -0.351 e. The lowest BCUT2D eigenvalue weighted by atomic mass is 9.87. The molecular weight excluding hydrogens is 248 g/mol. The van der Waals surface area contributed by atoms with E-state index in [1.54, 1.807) is 7.05 Å². The van der Waals surface area contributed by atoms with Gasteiger partial charge in [-0.25, -0.2) is 0 Å². The van der Waals surface area contributed by atoms with Gasteiger partial charge >= 0.3 is 0 Å². The molecule has 1 aromatic rings. The number of hydrogen-bond donors (Lipinski definition) is 2. The molecule has 0 aromatic heterocycles. The molecule has 1 rings (SSSR count). The van der Waals surface area contributed by atoms with Crippen LogP contribution < -0.4 is 10.6 Å². The second-order valence-corrected chi connectivity index (χ2v) is 5.25. The lowest BCUT2D eigenvalue weighted by Crippen LogP contribution is -2.31. The van der Waals surface area contributed by atoms with Crippen molar-refractivity contribution < 1.29 is 4.79 Å². The van der Waals surface area contributed by atoms with E-state index in [-0.39, 0.29) is 23.7 Å². The summed E-state index contributed by atoms with van der Waals surface area (Å²) in [6, 6.07) is 8.39. The molecule has 0 bridgehead atoms. The number of hydrogen-bond acceptors (Lipinski definition) is 2. The van der Waals surface area contributed by atoms with E-state index in [9.17, 15) is 4.79 Å². The van der Waals surface area contributed by atoms with Crippen LogP contribution in [-0.4, -0.2) is 19.5 Å². The summed E-state index contributed by atoms with van der Waals surface area (Å²) >= 11 is 0. The highest BCUT2D eigenvalue weighted by molar-refractivity contribution is 5.85. The van der Waals surface area contributed by atoms with Gasteiger partial charge in [-0.15, -0.1) is 12.4 Å². The molecule has 0 saturated heterocycles. The molecule has 0 atom stereocenters. The SMILES string of the molecule is CNCC(=O)NCc1ccc(C(C)(C)C)cc1.Cl. The standard InChI is InChI=1S/C14H22N2O.ClH/c1-14(2,3)12-7-5-11(6-8-12)9-16-13(17)10-15-4;/h5-8,15H,9-10H2,1-4H3,(H,16,17);1H. The van der Waals surface area contributed by atoms with Crippen molar-refractivity contribution in [2.24, 2.45) is 0 Å². The number of nitrogens with one attached hydrogen (secondary N) is 2. The molecule has 2 N–H and O–H groups in total. The molecule has 4 heteroatoms. The smallest absolute Gasteiger partial charge is 0.234 e. The highest BCUT2D eigenvalue weighted by Gasteiger charge is 2.12. The zero-order valence-electron chi connectivity index (χ0n) is 11.5. The highest BCUT2D eigenvalue weighted by atomic mass is 35.5. The number of benzene rings is 1. The normalized spacial score (nSPS) is 10.7. The maximum absolute atomic E-state index is 11.3. The first kappa shape index (κ1) is 16.9. The first-order valence-corrected chi connectivity index (χ1v) is 5.94. The Hall–Kier alpha value is -1.06. The third-order valence-electron chi connectivity index (χ3n) is 2.65. The van der Waals surface area contributed by atoms with Gasteiger partial charge in [-0.2, -0.15) is 0 Å². The Kier molecular flexibility index (Phi) is 6.96. The van der Waals surface area contributed by atoms with E-state index in [4.69, 9.17) is 0 Å². The summed E-state index contributed by atoms with van der Waals surface area (Å²) in [6.07, 6.45) is 0. The van der Waals surface area contributed by atoms with E-state index in [1.165, 1.54) is 5.56 Å². The van der Waals surface area contributed by atoms with E-state index in [0.29, 0.717) is 13.1 Å². The predicted octanol–water partition coefficient (Wildman–Crippen LogP) is 2.24. The molecule has 0 fully saturated rings. The zero-order valence-corrected chi connectivity index (χ0v) is 12.4. The van der Waals surface area contributed by atoms with Gasteiger partial charge in [0, 0.05) is 6.54 Å². The molecule has 0 aliphatic heterocycles. The fourth-order valence-corrected chi connectivity index (χ4v) is 1.55. The predicted molar refractivity (Wildman–Crippen MR) is 78.2 cm³/mol. The third kappa shape index (κ3) is 5.52. The fraction of sp³-hybridized carbons (Fsp3) is 0.500. The van der Waals surface area contributed by atoms with Crippen molar-refractivity contribution >= 4 is 18.3 Å². The molecule has 0 spiro atoms. The van der Waals surface area contributed by atoms with Gasteiger partial charge in [0.05, 0.1) is 6.54 Å². The topological polar surface area (TPSA) is 41.1 Å². The summed E-state index contributed by atoms with van der Waals surface area (Å²) in [5, 5.41) is 5.68. The van der Waals surface area contributed by atoms with E-state index < -0.39 is 0 Å². The van der Waals surface area contributed by atoms with Gasteiger partial charge in [-0.1, -0.05) is 45.0 Å².